The van der Waals surface area contributed by atoms with Gasteiger partial charge in [0.1, 0.15) is 6.07 Å². The van der Waals surface area contributed by atoms with Crippen molar-refractivity contribution in [2.45, 2.75) is 19.7 Å². The maximum absolute atomic E-state index is 12.8. The Morgan fingerprint density at radius 3 is 2.53 bits per heavy atom. The minimum absolute atomic E-state index is 0.0569. The quantitative estimate of drug-likeness (QED) is 0.857. The van der Waals surface area contributed by atoms with Gasteiger partial charge >= 0.3 is 12.1 Å². The van der Waals surface area contributed by atoms with Crippen molar-refractivity contribution in [1.82, 2.24) is 0 Å². The van der Waals surface area contributed by atoms with Crippen LogP contribution in [0.5, 0.6) is 0 Å². The molecular weight excluding hydrogens is 263 g/mol. The molecule has 0 heterocycles. The van der Waals surface area contributed by atoms with E-state index in [0.717, 1.165) is 6.07 Å². The number of hydrogen-bond donors (Lipinski definition) is 1. The number of halogens is 3. The fourth-order valence-electron chi connectivity index (χ4n) is 1.56. The normalized spacial score (nSPS) is 10.9. The Morgan fingerprint density at radius 1 is 1.47 bits per heavy atom. The lowest BCUT2D eigenvalue weighted by atomic mass is 9.96. The van der Waals surface area contributed by atoms with Gasteiger partial charge < -0.3 is 9.84 Å². The third kappa shape index (κ3) is 3.03. The molecule has 0 amide bonds. The van der Waals surface area contributed by atoms with Crippen molar-refractivity contribution in [2.24, 2.45) is 0 Å². The summed E-state index contributed by atoms with van der Waals surface area (Å²) in [7, 11) is 0. The highest BCUT2D eigenvalue weighted by atomic mass is 19.4. The zero-order valence-electron chi connectivity index (χ0n) is 9.91. The third-order valence-corrected chi connectivity index (χ3v) is 2.36. The van der Waals surface area contributed by atoms with Crippen LogP contribution in [0, 0.1) is 11.3 Å². The number of carbonyl (C=O) groups is 1. The molecule has 19 heavy (non-hydrogen) atoms. The van der Waals surface area contributed by atoms with Gasteiger partial charge in [-0.25, -0.2) is 4.79 Å². The molecular formula is C12H10F3NO3. The summed E-state index contributed by atoms with van der Waals surface area (Å²) in [5, 5.41) is 17.9. The Morgan fingerprint density at radius 2 is 2.11 bits per heavy atom. The molecule has 0 spiro atoms. The van der Waals surface area contributed by atoms with Gasteiger partial charge in [0.15, 0.2) is 0 Å². The molecule has 1 rings (SSSR count). The molecule has 0 saturated carbocycles. The van der Waals surface area contributed by atoms with E-state index in [0.29, 0.717) is 6.07 Å². The van der Waals surface area contributed by atoms with Crippen LogP contribution >= 0.6 is 0 Å². The van der Waals surface area contributed by atoms with Gasteiger partial charge in [0.05, 0.1) is 29.9 Å². The van der Waals surface area contributed by atoms with Gasteiger partial charge in [0, 0.05) is 0 Å². The number of alkyl halides is 3. The summed E-state index contributed by atoms with van der Waals surface area (Å²) < 4.78 is 43.0. The van der Waals surface area contributed by atoms with Crippen molar-refractivity contribution < 1.29 is 27.8 Å². The molecule has 0 aromatic heterocycles. The maximum Gasteiger partial charge on any atom is 0.417 e. The molecule has 1 N–H and O–H groups in total. The number of nitrogens with zero attached hydrogens (tertiary/aromatic N) is 1. The summed E-state index contributed by atoms with van der Waals surface area (Å²) in [4.78, 5) is 11.6. The highest BCUT2D eigenvalue weighted by Gasteiger charge is 2.37. The molecule has 0 radical (unpaired) electrons. The molecule has 0 fully saturated rings. The van der Waals surface area contributed by atoms with E-state index in [9.17, 15) is 18.0 Å². The second-order valence-corrected chi connectivity index (χ2v) is 3.51. The first-order chi connectivity index (χ1) is 8.86. The number of benzene rings is 1. The standard InChI is InChI=1S/C12H10F3NO3/c1-2-19-11(18)10-8(5-16)7(6-17)3-4-9(10)12(13,14)15/h3-4,17H,2,6H2,1H3. The number of carbonyl (C=O) groups excluding carboxylic acids is 1. The number of nitriles is 1. The average molecular weight is 273 g/mol. The highest BCUT2D eigenvalue weighted by Crippen LogP contribution is 2.34. The van der Waals surface area contributed by atoms with Gasteiger partial charge in [-0.3, -0.25) is 0 Å². The molecule has 1 aromatic carbocycles. The number of hydrogen-bond acceptors (Lipinski definition) is 4. The highest BCUT2D eigenvalue weighted by molar-refractivity contribution is 5.94. The second kappa shape index (κ2) is 5.71. The van der Waals surface area contributed by atoms with Crippen LogP contribution < -0.4 is 0 Å². The zero-order valence-corrected chi connectivity index (χ0v) is 9.91. The van der Waals surface area contributed by atoms with E-state index in [1.165, 1.54) is 13.0 Å². The largest absolute Gasteiger partial charge is 0.462 e. The zero-order chi connectivity index (χ0) is 14.6. The molecule has 1 aromatic rings. The smallest absolute Gasteiger partial charge is 0.417 e. The van der Waals surface area contributed by atoms with Gasteiger partial charge in [-0.15, -0.1) is 0 Å². The van der Waals surface area contributed by atoms with Crippen LogP contribution in [0.4, 0.5) is 13.2 Å². The van der Waals surface area contributed by atoms with Crippen molar-refractivity contribution >= 4 is 5.97 Å². The molecule has 0 aliphatic carbocycles. The van der Waals surface area contributed by atoms with Crippen LogP contribution in [-0.4, -0.2) is 17.7 Å². The fourth-order valence-corrected chi connectivity index (χ4v) is 1.56. The fraction of sp³-hybridized carbons (Fsp3) is 0.333. The number of aliphatic hydroxyl groups excluding tert-OH is 1. The molecule has 102 valence electrons. The third-order valence-electron chi connectivity index (χ3n) is 2.36. The average Bonchev–Trinajstić information content (AvgIpc) is 2.35. The molecule has 0 saturated heterocycles. The summed E-state index contributed by atoms with van der Waals surface area (Å²) in [6, 6.07) is 3.12. The van der Waals surface area contributed by atoms with Gasteiger partial charge in [-0.1, -0.05) is 6.07 Å². The topological polar surface area (TPSA) is 70.3 Å². The lowest BCUT2D eigenvalue weighted by Gasteiger charge is -2.15. The van der Waals surface area contributed by atoms with Gasteiger partial charge in [-0.2, -0.15) is 18.4 Å². The maximum atomic E-state index is 12.8. The molecule has 0 unspecified atom stereocenters. The molecule has 0 aliphatic heterocycles. The number of rotatable bonds is 3. The van der Waals surface area contributed by atoms with Gasteiger partial charge in [0.25, 0.3) is 0 Å². The predicted octanol–water partition coefficient (Wildman–Crippen LogP) is 2.25. The summed E-state index contributed by atoms with van der Waals surface area (Å²) in [6.45, 7) is 0.672. The van der Waals surface area contributed by atoms with Crippen molar-refractivity contribution in [3.05, 3.63) is 34.4 Å². The number of ether oxygens (including phenoxy) is 1. The Balaban J connectivity index is 3.60. The Bertz CT molecular complexity index is 532. The van der Waals surface area contributed by atoms with E-state index in [1.54, 1.807) is 0 Å². The van der Waals surface area contributed by atoms with E-state index >= 15 is 0 Å². The van der Waals surface area contributed by atoms with Crippen LogP contribution in [0.2, 0.25) is 0 Å². The Hall–Kier alpha value is -2.07. The van der Waals surface area contributed by atoms with Gasteiger partial charge in [-0.05, 0) is 18.6 Å². The van der Waals surface area contributed by atoms with Crippen molar-refractivity contribution in [3.63, 3.8) is 0 Å². The van der Waals surface area contributed by atoms with E-state index in [4.69, 9.17) is 10.4 Å². The van der Waals surface area contributed by atoms with Gasteiger partial charge in [0.2, 0.25) is 0 Å². The molecule has 0 aliphatic rings. The van der Waals surface area contributed by atoms with E-state index in [1.807, 2.05) is 0 Å². The van der Waals surface area contributed by atoms with Crippen LogP contribution in [0.15, 0.2) is 12.1 Å². The first-order valence-electron chi connectivity index (χ1n) is 5.28. The summed E-state index contributed by atoms with van der Waals surface area (Å²) >= 11 is 0. The van der Waals surface area contributed by atoms with Crippen molar-refractivity contribution in [3.8, 4) is 6.07 Å². The van der Waals surface area contributed by atoms with E-state index in [-0.39, 0.29) is 12.2 Å². The molecule has 7 heteroatoms. The van der Waals surface area contributed by atoms with Crippen LogP contribution in [0.3, 0.4) is 0 Å². The Labute approximate surface area is 107 Å². The summed E-state index contributed by atoms with van der Waals surface area (Å²) in [5.74, 6) is -1.23. The minimum atomic E-state index is -4.79. The lowest BCUT2D eigenvalue weighted by molar-refractivity contribution is -0.138. The monoisotopic (exact) mass is 273 g/mol. The first kappa shape index (κ1) is 15.0. The summed E-state index contributed by atoms with van der Waals surface area (Å²) in [6.07, 6.45) is -4.79. The number of esters is 1. The first-order valence-corrected chi connectivity index (χ1v) is 5.28. The Kier molecular flexibility index (Phi) is 4.51. The lowest BCUT2D eigenvalue weighted by Crippen LogP contribution is -2.18. The van der Waals surface area contributed by atoms with Crippen LogP contribution in [0.25, 0.3) is 0 Å². The summed E-state index contributed by atoms with van der Waals surface area (Å²) in [5.41, 5.74) is -2.68. The molecule has 4 nitrogen and oxygen atoms in total. The van der Waals surface area contributed by atoms with Crippen molar-refractivity contribution in [2.75, 3.05) is 6.61 Å². The number of aliphatic hydroxyl groups is 1. The molecule has 0 bridgehead atoms. The molecule has 0 atom stereocenters. The minimum Gasteiger partial charge on any atom is -0.462 e. The SMILES string of the molecule is CCOC(=O)c1c(C(F)(F)F)ccc(CO)c1C#N. The van der Waals surface area contributed by atoms with Crippen molar-refractivity contribution in [1.29, 1.82) is 5.26 Å². The van der Waals surface area contributed by atoms with E-state index < -0.39 is 35.4 Å². The van der Waals surface area contributed by atoms with Crippen LogP contribution in [0.1, 0.15) is 34.0 Å². The van der Waals surface area contributed by atoms with E-state index in [2.05, 4.69) is 4.74 Å². The predicted molar refractivity (Wildman–Crippen MR) is 58.0 cm³/mol. The van der Waals surface area contributed by atoms with Crippen LogP contribution in [-0.2, 0) is 17.5 Å². The second-order valence-electron chi connectivity index (χ2n) is 3.51.